The summed E-state index contributed by atoms with van der Waals surface area (Å²) in [5.41, 5.74) is 0.739. The van der Waals surface area contributed by atoms with Crippen LogP contribution in [0.3, 0.4) is 0 Å². The minimum Gasteiger partial charge on any atom is -0.273 e. The summed E-state index contributed by atoms with van der Waals surface area (Å²) < 4.78 is 13.4. The van der Waals surface area contributed by atoms with Crippen molar-refractivity contribution < 1.29 is 23.7 Å². The van der Waals surface area contributed by atoms with Crippen LogP contribution in [0.15, 0.2) is 66.7 Å². The molecule has 2 amide bonds. The number of carbonyl (C=O) groups excluding carboxylic acids is 2. The molecule has 2 aliphatic heterocycles. The molecular weight excluding hydrogens is 488 g/mol. The molecule has 34 heavy (non-hydrogen) atoms. The first-order chi connectivity index (χ1) is 16.3. The van der Waals surface area contributed by atoms with Crippen LogP contribution in [-0.2, 0) is 14.4 Å². The summed E-state index contributed by atoms with van der Waals surface area (Å²) in [5.74, 6) is -2.73. The Hall–Kier alpha value is -3.53. The van der Waals surface area contributed by atoms with Gasteiger partial charge in [0.2, 0.25) is 5.91 Å². The van der Waals surface area contributed by atoms with Gasteiger partial charge >= 0.3 is 0 Å². The summed E-state index contributed by atoms with van der Waals surface area (Å²) in [6.07, 6.45) is -1.21. The predicted octanol–water partition coefficient (Wildman–Crippen LogP) is 5.09. The number of anilines is 2. The Bertz CT molecular complexity index is 1340. The number of amides is 2. The summed E-state index contributed by atoms with van der Waals surface area (Å²) in [6, 6.07) is 14.4. The summed E-state index contributed by atoms with van der Waals surface area (Å²) >= 11 is 12.5. The van der Waals surface area contributed by atoms with Gasteiger partial charge in [-0.05, 0) is 48.0 Å². The normalized spacial score (nSPS) is 21.8. The average Bonchev–Trinajstić information content (AvgIpc) is 3.31. The number of nitrogens with zero attached hydrogens (tertiary/aromatic N) is 3. The van der Waals surface area contributed by atoms with Crippen LogP contribution < -0.4 is 9.96 Å². The highest BCUT2D eigenvalue weighted by atomic mass is 35.5. The third-order valence-electron chi connectivity index (χ3n) is 5.78. The number of non-ortho nitro benzene ring substituents is 1. The van der Waals surface area contributed by atoms with E-state index in [0.29, 0.717) is 10.6 Å². The fraction of sp³-hybridized carbons (Fsp3) is 0.130. The van der Waals surface area contributed by atoms with E-state index in [0.717, 1.165) is 17.0 Å². The van der Waals surface area contributed by atoms with Crippen LogP contribution in [0.1, 0.15) is 11.6 Å². The Balaban J connectivity index is 1.62. The van der Waals surface area contributed by atoms with E-state index in [-0.39, 0.29) is 22.1 Å². The number of nitro benzene ring substituents is 1. The molecule has 2 saturated heterocycles. The molecule has 11 heteroatoms. The second-order valence-corrected chi connectivity index (χ2v) is 8.60. The number of imide groups is 1. The fourth-order valence-corrected chi connectivity index (χ4v) is 4.80. The third kappa shape index (κ3) is 3.58. The predicted molar refractivity (Wildman–Crippen MR) is 122 cm³/mol. The van der Waals surface area contributed by atoms with E-state index < -0.39 is 40.6 Å². The molecule has 0 N–H and O–H groups in total. The number of hydrogen-bond acceptors (Lipinski definition) is 6. The Labute approximate surface area is 202 Å². The summed E-state index contributed by atoms with van der Waals surface area (Å²) in [6.45, 7) is 0. The molecule has 0 spiro atoms. The van der Waals surface area contributed by atoms with Gasteiger partial charge in [0.05, 0.1) is 22.3 Å². The lowest BCUT2D eigenvalue weighted by molar-refractivity contribution is -0.384. The second-order valence-electron chi connectivity index (χ2n) is 7.75. The Morgan fingerprint density at radius 3 is 2.35 bits per heavy atom. The van der Waals surface area contributed by atoms with E-state index in [1.807, 2.05) is 0 Å². The van der Waals surface area contributed by atoms with E-state index in [9.17, 15) is 24.1 Å². The first-order valence-corrected chi connectivity index (χ1v) is 10.8. The molecule has 8 nitrogen and oxygen atoms in total. The van der Waals surface area contributed by atoms with Crippen molar-refractivity contribution in [3.63, 3.8) is 0 Å². The molecule has 172 valence electrons. The van der Waals surface area contributed by atoms with Crippen molar-refractivity contribution in [3.8, 4) is 0 Å². The van der Waals surface area contributed by atoms with Crippen LogP contribution in [0.4, 0.5) is 21.5 Å². The standard InChI is InChI=1S/C23H14Cl2FN3O5/c24-12-4-9-17(18(25)10-12)20-19-21(34-28(20)15-2-1-3-16(11-15)29(32)33)23(31)27(22(19)30)14-7-5-13(26)6-8-14/h1-11,19-21H/t19-,20+,21+/m0/s1. The highest BCUT2D eigenvalue weighted by Gasteiger charge is 2.60. The number of halogens is 3. The van der Waals surface area contributed by atoms with Crippen LogP contribution >= 0.6 is 23.2 Å². The van der Waals surface area contributed by atoms with Crippen molar-refractivity contribution in [2.24, 2.45) is 5.92 Å². The first kappa shape index (κ1) is 22.3. The van der Waals surface area contributed by atoms with Crippen LogP contribution in [0.5, 0.6) is 0 Å². The molecule has 0 radical (unpaired) electrons. The zero-order chi connectivity index (χ0) is 24.1. The number of hydrogen-bond donors (Lipinski definition) is 0. The highest BCUT2D eigenvalue weighted by molar-refractivity contribution is 6.35. The van der Waals surface area contributed by atoms with Gasteiger partial charge in [-0.3, -0.25) is 24.5 Å². The quantitative estimate of drug-likeness (QED) is 0.280. The van der Waals surface area contributed by atoms with Gasteiger partial charge < -0.3 is 0 Å². The van der Waals surface area contributed by atoms with Gasteiger partial charge in [-0.25, -0.2) is 14.4 Å². The van der Waals surface area contributed by atoms with Crippen LogP contribution in [0.25, 0.3) is 0 Å². The zero-order valence-electron chi connectivity index (χ0n) is 17.1. The number of fused-ring (bicyclic) bond motifs is 1. The van der Waals surface area contributed by atoms with Gasteiger partial charge in [-0.1, -0.05) is 35.3 Å². The number of rotatable bonds is 4. The minimum atomic E-state index is -1.21. The number of carbonyl (C=O) groups is 2. The molecule has 2 heterocycles. The number of nitro groups is 1. The number of benzene rings is 3. The van der Waals surface area contributed by atoms with E-state index in [1.165, 1.54) is 41.5 Å². The maximum absolute atomic E-state index is 13.5. The Morgan fingerprint density at radius 1 is 0.941 bits per heavy atom. The van der Waals surface area contributed by atoms with Crippen molar-refractivity contribution in [1.82, 2.24) is 0 Å². The third-order valence-corrected chi connectivity index (χ3v) is 6.34. The van der Waals surface area contributed by atoms with Crippen LogP contribution in [0, 0.1) is 21.8 Å². The van der Waals surface area contributed by atoms with Gasteiger partial charge in [0, 0.05) is 22.2 Å². The average molecular weight is 502 g/mol. The van der Waals surface area contributed by atoms with E-state index in [4.69, 9.17) is 28.0 Å². The molecule has 2 fully saturated rings. The lowest BCUT2D eigenvalue weighted by atomic mass is 9.90. The molecule has 0 aliphatic carbocycles. The summed E-state index contributed by atoms with van der Waals surface area (Å²) in [5, 5.41) is 13.2. The molecule has 3 aromatic carbocycles. The molecule has 5 rings (SSSR count). The van der Waals surface area contributed by atoms with Crippen molar-refractivity contribution in [2.75, 3.05) is 9.96 Å². The second kappa shape index (κ2) is 8.35. The van der Waals surface area contributed by atoms with Crippen molar-refractivity contribution in [2.45, 2.75) is 12.1 Å². The topological polar surface area (TPSA) is 93.0 Å². The lowest BCUT2D eigenvalue weighted by Crippen LogP contribution is -2.37. The first-order valence-electron chi connectivity index (χ1n) is 10.0. The van der Waals surface area contributed by atoms with E-state index >= 15 is 0 Å². The minimum absolute atomic E-state index is 0.190. The molecule has 0 bridgehead atoms. The van der Waals surface area contributed by atoms with Gasteiger partial charge in [0.15, 0.2) is 6.10 Å². The highest BCUT2D eigenvalue weighted by Crippen LogP contribution is 2.49. The van der Waals surface area contributed by atoms with E-state index in [1.54, 1.807) is 18.2 Å². The molecule has 0 unspecified atom stereocenters. The molecule has 0 saturated carbocycles. The number of hydroxylamine groups is 1. The molecule has 3 aromatic rings. The molecular formula is C23H14Cl2FN3O5. The van der Waals surface area contributed by atoms with Crippen LogP contribution in [0.2, 0.25) is 10.0 Å². The largest absolute Gasteiger partial charge is 0.273 e. The van der Waals surface area contributed by atoms with Gasteiger partial charge in [-0.2, -0.15) is 0 Å². The van der Waals surface area contributed by atoms with E-state index in [2.05, 4.69) is 0 Å². The molecule has 2 aliphatic rings. The van der Waals surface area contributed by atoms with Crippen LogP contribution in [-0.4, -0.2) is 22.8 Å². The lowest BCUT2D eigenvalue weighted by Gasteiger charge is -2.29. The zero-order valence-corrected chi connectivity index (χ0v) is 18.6. The molecule has 0 aromatic heterocycles. The SMILES string of the molecule is O=C1[C@H]2[C@@H](c3ccc(Cl)cc3Cl)N(c3cccc([N+](=O)[O-])c3)O[C@H]2C(=O)N1c1ccc(F)cc1. The van der Waals surface area contributed by atoms with Gasteiger partial charge in [-0.15, -0.1) is 0 Å². The maximum Gasteiger partial charge on any atom is 0.271 e. The van der Waals surface area contributed by atoms with Crippen molar-refractivity contribution in [1.29, 1.82) is 0 Å². The maximum atomic E-state index is 13.5. The Morgan fingerprint density at radius 2 is 1.68 bits per heavy atom. The summed E-state index contributed by atoms with van der Waals surface area (Å²) in [4.78, 5) is 44.4. The summed E-state index contributed by atoms with van der Waals surface area (Å²) in [7, 11) is 0. The fourth-order valence-electron chi connectivity index (χ4n) is 4.28. The monoisotopic (exact) mass is 501 g/mol. The van der Waals surface area contributed by atoms with Crippen molar-refractivity contribution in [3.05, 3.63) is 98.3 Å². The smallest absolute Gasteiger partial charge is 0.271 e. The molecule has 3 atom stereocenters. The van der Waals surface area contributed by atoms with Crippen molar-refractivity contribution >= 4 is 52.1 Å². The Kier molecular flexibility index (Phi) is 5.47. The van der Waals surface area contributed by atoms with Gasteiger partial charge in [0.25, 0.3) is 11.6 Å². The van der Waals surface area contributed by atoms with Gasteiger partial charge in [0.1, 0.15) is 11.7 Å².